The zero-order chi connectivity index (χ0) is 12.4. The topological polar surface area (TPSA) is 59.6 Å². The first kappa shape index (κ1) is 11.2. The van der Waals surface area contributed by atoms with Crippen LogP contribution in [-0.2, 0) is 4.79 Å². The van der Waals surface area contributed by atoms with Crippen LogP contribution < -0.4 is 20.1 Å². The van der Waals surface area contributed by atoms with Gasteiger partial charge in [-0.15, -0.1) is 0 Å². The Morgan fingerprint density at radius 1 is 1.22 bits per heavy atom. The third-order valence-corrected chi connectivity index (χ3v) is 3.25. The van der Waals surface area contributed by atoms with Crippen molar-refractivity contribution in [1.82, 2.24) is 5.32 Å². The molecule has 1 fully saturated rings. The van der Waals surface area contributed by atoms with Gasteiger partial charge in [-0.25, -0.2) is 0 Å². The minimum atomic E-state index is -0.159. The fourth-order valence-electron chi connectivity index (χ4n) is 2.26. The van der Waals surface area contributed by atoms with Crippen LogP contribution in [0.1, 0.15) is 19.3 Å². The summed E-state index contributed by atoms with van der Waals surface area (Å²) in [5.74, 6) is 1.56. The first-order valence-corrected chi connectivity index (χ1v) is 6.27. The van der Waals surface area contributed by atoms with Gasteiger partial charge >= 0.3 is 0 Å². The van der Waals surface area contributed by atoms with Gasteiger partial charge in [0.15, 0.2) is 11.5 Å². The second kappa shape index (κ2) is 4.76. The van der Waals surface area contributed by atoms with E-state index in [4.69, 9.17) is 9.47 Å². The molecule has 0 bridgehead atoms. The maximum atomic E-state index is 11.8. The minimum Gasteiger partial charge on any atom is -0.454 e. The van der Waals surface area contributed by atoms with Crippen LogP contribution in [0, 0.1) is 0 Å². The van der Waals surface area contributed by atoms with Crippen molar-refractivity contribution in [3.63, 3.8) is 0 Å². The van der Waals surface area contributed by atoms with Crippen molar-refractivity contribution in [3.05, 3.63) is 18.2 Å². The van der Waals surface area contributed by atoms with E-state index in [1.54, 1.807) is 0 Å². The van der Waals surface area contributed by atoms with Gasteiger partial charge in [-0.3, -0.25) is 4.79 Å². The number of hydrogen-bond acceptors (Lipinski definition) is 4. The second-order valence-corrected chi connectivity index (χ2v) is 4.55. The Hall–Kier alpha value is -1.91. The Kier molecular flexibility index (Phi) is 2.96. The lowest BCUT2D eigenvalue weighted by Crippen LogP contribution is -2.37. The standard InChI is InChI=1S/C13H16N2O3/c16-13-10(3-1-2-6-14-13)15-9-4-5-11-12(7-9)18-8-17-11/h4-5,7,10,15H,1-3,6,8H2,(H,14,16)/t10-/m1/s1. The molecule has 0 spiro atoms. The third-order valence-electron chi connectivity index (χ3n) is 3.25. The van der Waals surface area contributed by atoms with E-state index < -0.39 is 0 Å². The van der Waals surface area contributed by atoms with Crippen LogP contribution in [0.15, 0.2) is 18.2 Å². The molecule has 1 atom stereocenters. The predicted molar refractivity (Wildman–Crippen MR) is 66.8 cm³/mol. The lowest BCUT2D eigenvalue weighted by molar-refractivity contribution is -0.121. The van der Waals surface area contributed by atoms with Gasteiger partial charge in [-0.2, -0.15) is 0 Å². The molecule has 5 heteroatoms. The highest BCUT2D eigenvalue weighted by molar-refractivity contribution is 5.84. The SMILES string of the molecule is O=C1NCCCC[C@H]1Nc1ccc2c(c1)OCO2. The molecule has 2 N–H and O–H groups in total. The molecule has 1 saturated heterocycles. The van der Waals surface area contributed by atoms with Crippen molar-refractivity contribution >= 4 is 11.6 Å². The van der Waals surface area contributed by atoms with E-state index in [1.165, 1.54) is 0 Å². The van der Waals surface area contributed by atoms with E-state index in [2.05, 4.69) is 10.6 Å². The zero-order valence-electron chi connectivity index (χ0n) is 10.1. The molecule has 0 unspecified atom stereocenters. The number of rotatable bonds is 2. The number of benzene rings is 1. The summed E-state index contributed by atoms with van der Waals surface area (Å²) in [7, 11) is 0. The summed E-state index contributed by atoms with van der Waals surface area (Å²) >= 11 is 0. The quantitative estimate of drug-likeness (QED) is 0.832. The highest BCUT2D eigenvalue weighted by Crippen LogP contribution is 2.34. The molecule has 0 aromatic heterocycles. The molecule has 96 valence electrons. The number of ether oxygens (including phenoxy) is 2. The van der Waals surface area contributed by atoms with Crippen LogP contribution in [0.25, 0.3) is 0 Å². The molecule has 0 radical (unpaired) electrons. The summed E-state index contributed by atoms with van der Waals surface area (Å²) in [6, 6.07) is 5.48. The van der Waals surface area contributed by atoms with E-state index in [9.17, 15) is 4.79 Å². The molecule has 18 heavy (non-hydrogen) atoms. The molecule has 2 aliphatic rings. The molecule has 0 saturated carbocycles. The van der Waals surface area contributed by atoms with Crippen LogP contribution >= 0.6 is 0 Å². The first-order valence-electron chi connectivity index (χ1n) is 6.27. The summed E-state index contributed by atoms with van der Waals surface area (Å²) < 4.78 is 10.6. The van der Waals surface area contributed by atoms with Crippen LogP contribution in [0.3, 0.4) is 0 Å². The van der Waals surface area contributed by atoms with Crippen LogP contribution in [-0.4, -0.2) is 25.3 Å². The lowest BCUT2D eigenvalue weighted by atomic mass is 10.1. The highest BCUT2D eigenvalue weighted by Gasteiger charge is 2.21. The molecule has 0 aliphatic carbocycles. The molecule has 2 heterocycles. The lowest BCUT2D eigenvalue weighted by Gasteiger charge is -2.16. The van der Waals surface area contributed by atoms with E-state index in [1.807, 2.05) is 18.2 Å². The normalized spacial score (nSPS) is 22.2. The Bertz CT molecular complexity index is 462. The minimum absolute atomic E-state index is 0.0742. The van der Waals surface area contributed by atoms with Gasteiger partial charge in [0.25, 0.3) is 0 Å². The van der Waals surface area contributed by atoms with Gasteiger partial charge in [0, 0.05) is 18.3 Å². The van der Waals surface area contributed by atoms with Gasteiger partial charge < -0.3 is 20.1 Å². The van der Waals surface area contributed by atoms with Crippen molar-refractivity contribution in [1.29, 1.82) is 0 Å². The maximum absolute atomic E-state index is 11.8. The fourth-order valence-corrected chi connectivity index (χ4v) is 2.26. The Morgan fingerprint density at radius 3 is 3.06 bits per heavy atom. The number of fused-ring (bicyclic) bond motifs is 1. The van der Waals surface area contributed by atoms with E-state index in [0.29, 0.717) is 0 Å². The summed E-state index contributed by atoms with van der Waals surface area (Å²) in [5.41, 5.74) is 0.890. The second-order valence-electron chi connectivity index (χ2n) is 4.55. The molecule has 3 rings (SSSR count). The van der Waals surface area contributed by atoms with E-state index in [0.717, 1.165) is 43.0 Å². The van der Waals surface area contributed by atoms with Crippen molar-refractivity contribution in [2.24, 2.45) is 0 Å². The van der Waals surface area contributed by atoms with Crippen LogP contribution in [0.5, 0.6) is 11.5 Å². The van der Waals surface area contributed by atoms with Gasteiger partial charge in [-0.05, 0) is 31.4 Å². The molecule has 1 aromatic rings. The van der Waals surface area contributed by atoms with Gasteiger partial charge in [0.2, 0.25) is 12.7 Å². The smallest absolute Gasteiger partial charge is 0.242 e. The van der Waals surface area contributed by atoms with Crippen molar-refractivity contribution in [2.75, 3.05) is 18.7 Å². The van der Waals surface area contributed by atoms with Crippen molar-refractivity contribution in [3.8, 4) is 11.5 Å². The third kappa shape index (κ3) is 2.20. The number of carbonyl (C=O) groups excluding carboxylic acids is 1. The maximum Gasteiger partial charge on any atom is 0.242 e. The Morgan fingerprint density at radius 2 is 2.11 bits per heavy atom. The number of amides is 1. The number of nitrogens with one attached hydrogen (secondary N) is 2. The first-order chi connectivity index (χ1) is 8.83. The summed E-state index contributed by atoms with van der Waals surface area (Å²) in [6.45, 7) is 1.04. The molecule has 1 amide bonds. The fraction of sp³-hybridized carbons (Fsp3) is 0.462. The molecular weight excluding hydrogens is 232 g/mol. The van der Waals surface area contributed by atoms with Gasteiger partial charge in [-0.1, -0.05) is 0 Å². The number of carbonyl (C=O) groups is 1. The van der Waals surface area contributed by atoms with Crippen LogP contribution in [0.4, 0.5) is 5.69 Å². The van der Waals surface area contributed by atoms with Crippen molar-refractivity contribution in [2.45, 2.75) is 25.3 Å². The summed E-state index contributed by atoms with van der Waals surface area (Å²) in [6.07, 6.45) is 2.96. The van der Waals surface area contributed by atoms with Crippen molar-refractivity contribution < 1.29 is 14.3 Å². The van der Waals surface area contributed by atoms with Crippen LogP contribution in [0.2, 0.25) is 0 Å². The molecular formula is C13H16N2O3. The monoisotopic (exact) mass is 248 g/mol. The van der Waals surface area contributed by atoms with E-state index in [-0.39, 0.29) is 18.7 Å². The molecule has 1 aromatic carbocycles. The van der Waals surface area contributed by atoms with Gasteiger partial charge in [0.1, 0.15) is 6.04 Å². The Balaban J connectivity index is 1.73. The zero-order valence-corrected chi connectivity index (χ0v) is 10.1. The molecule has 2 aliphatic heterocycles. The largest absolute Gasteiger partial charge is 0.454 e. The summed E-state index contributed by atoms with van der Waals surface area (Å²) in [4.78, 5) is 11.8. The number of hydrogen-bond donors (Lipinski definition) is 2. The average molecular weight is 248 g/mol. The highest BCUT2D eigenvalue weighted by atomic mass is 16.7. The predicted octanol–water partition coefficient (Wildman–Crippen LogP) is 1.50. The van der Waals surface area contributed by atoms with Gasteiger partial charge in [0.05, 0.1) is 0 Å². The Labute approximate surface area is 105 Å². The number of anilines is 1. The average Bonchev–Trinajstić information content (AvgIpc) is 2.75. The molecule has 5 nitrogen and oxygen atoms in total. The van der Waals surface area contributed by atoms with E-state index >= 15 is 0 Å². The summed E-state index contributed by atoms with van der Waals surface area (Å²) in [5, 5.41) is 6.16.